The average Bonchev–Trinajstić information content (AvgIpc) is 2.15. The van der Waals surface area contributed by atoms with Gasteiger partial charge < -0.3 is 4.90 Å². The van der Waals surface area contributed by atoms with Crippen molar-refractivity contribution in [2.24, 2.45) is 10.8 Å². The number of hydrazine groups is 1. The van der Waals surface area contributed by atoms with E-state index in [-0.39, 0.29) is 6.04 Å². The Hall–Kier alpha value is -0.620. The van der Waals surface area contributed by atoms with Crippen LogP contribution in [0.5, 0.6) is 0 Å². The van der Waals surface area contributed by atoms with Crippen molar-refractivity contribution in [2.45, 2.75) is 19.9 Å². The lowest BCUT2D eigenvalue weighted by molar-refractivity contribution is 0.434. The van der Waals surface area contributed by atoms with E-state index in [1.807, 2.05) is 18.7 Å². The third kappa shape index (κ3) is 3.26. The third-order valence-electron chi connectivity index (χ3n) is 1.99. The summed E-state index contributed by atoms with van der Waals surface area (Å²) in [6.07, 6.45) is 0. The van der Waals surface area contributed by atoms with Gasteiger partial charge in [-0.25, -0.2) is 10.8 Å². The highest BCUT2D eigenvalue weighted by Crippen LogP contribution is 2.01. The van der Waals surface area contributed by atoms with E-state index >= 15 is 0 Å². The molecule has 6 heteroatoms. The molecule has 1 saturated heterocycles. The van der Waals surface area contributed by atoms with E-state index in [0.29, 0.717) is 17.5 Å². The van der Waals surface area contributed by atoms with Crippen molar-refractivity contribution in [1.82, 2.24) is 10.3 Å². The van der Waals surface area contributed by atoms with E-state index < -0.39 is 10.8 Å². The lowest BCUT2D eigenvalue weighted by Gasteiger charge is -2.29. The van der Waals surface area contributed by atoms with E-state index in [1.165, 1.54) is 0 Å². The maximum absolute atomic E-state index is 11.1. The van der Waals surface area contributed by atoms with Gasteiger partial charge in [-0.1, -0.05) is 0 Å². The van der Waals surface area contributed by atoms with Gasteiger partial charge in [-0.05, 0) is 13.8 Å². The van der Waals surface area contributed by atoms with Crippen LogP contribution in [0.2, 0.25) is 0 Å². The molecule has 3 N–H and O–H groups in total. The predicted octanol–water partition coefficient (Wildman–Crippen LogP) is -0.722. The Labute approximate surface area is 87.2 Å². The molecule has 14 heavy (non-hydrogen) atoms. The highest BCUT2D eigenvalue weighted by molar-refractivity contribution is 7.85. The maximum Gasteiger partial charge on any atom is 0.208 e. The van der Waals surface area contributed by atoms with Crippen molar-refractivity contribution in [3.63, 3.8) is 0 Å². The fraction of sp³-hybridized carbons (Fsp3) is 0.875. The molecule has 1 heterocycles. The fourth-order valence-corrected chi connectivity index (χ4v) is 2.36. The first-order valence-corrected chi connectivity index (χ1v) is 6.26. The lowest BCUT2D eigenvalue weighted by atomic mass is 10.4. The van der Waals surface area contributed by atoms with E-state index in [1.54, 1.807) is 0 Å². The van der Waals surface area contributed by atoms with E-state index in [2.05, 4.69) is 10.4 Å². The normalized spacial score (nSPS) is 20.3. The van der Waals surface area contributed by atoms with Crippen molar-refractivity contribution in [3.8, 4) is 0 Å². The predicted molar refractivity (Wildman–Crippen MR) is 59.3 cm³/mol. The van der Waals surface area contributed by atoms with Crippen LogP contribution in [0.3, 0.4) is 0 Å². The van der Waals surface area contributed by atoms with Gasteiger partial charge in [0.05, 0.1) is 0 Å². The smallest absolute Gasteiger partial charge is 0.208 e. The quantitative estimate of drug-likeness (QED) is 0.264. The molecule has 0 aromatic carbocycles. The Morgan fingerprint density at radius 3 is 2.50 bits per heavy atom. The fourth-order valence-electron chi connectivity index (χ4n) is 1.30. The first-order chi connectivity index (χ1) is 6.63. The van der Waals surface area contributed by atoms with Crippen LogP contribution in [0, 0.1) is 0 Å². The Morgan fingerprint density at radius 1 is 1.50 bits per heavy atom. The number of nitrogens with one attached hydrogen (secondary N) is 1. The second-order valence-electron chi connectivity index (χ2n) is 3.53. The second kappa shape index (κ2) is 5.31. The number of nitrogens with two attached hydrogens (primary N) is 1. The standard InChI is InChI=1S/C8H18N4OS/c1-7(2)10-8(11-9)12-3-5-14(13)6-4-12/h7H,3-6,9H2,1-2H3,(H,10,11). The summed E-state index contributed by atoms with van der Waals surface area (Å²) in [5.41, 5.74) is 2.59. The van der Waals surface area contributed by atoms with Crippen LogP contribution in [-0.2, 0) is 10.8 Å². The summed E-state index contributed by atoms with van der Waals surface area (Å²) in [6, 6.07) is 0.216. The minimum atomic E-state index is -0.657. The number of guanidine groups is 1. The van der Waals surface area contributed by atoms with Gasteiger partial charge in [0.1, 0.15) is 0 Å². The zero-order valence-corrected chi connectivity index (χ0v) is 9.51. The van der Waals surface area contributed by atoms with Crippen molar-refractivity contribution in [1.29, 1.82) is 0 Å². The molecule has 0 saturated carbocycles. The molecule has 1 aliphatic heterocycles. The van der Waals surface area contributed by atoms with Crippen LogP contribution >= 0.6 is 0 Å². The van der Waals surface area contributed by atoms with Gasteiger partial charge in [-0.15, -0.1) is 0 Å². The summed E-state index contributed by atoms with van der Waals surface area (Å²) < 4.78 is 11.1. The van der Waals surface area contributed by atoms with Crippen molar-refractivity contribution in [2.75, 3.05) is 24.6 Å². The molecule has 1 fully saturated rings. The highest BCUT2D eigenvalue weighted by Gasteiger charge is 2.17. The molecular formula is C8H18N4OS. The van der Waals surface area contributed by atoms with Crippen LogP contribution in [0.4, 0.5) is 0 Å². The summed E-state index contributed by atoms with van der Waals surface area (Å²) in [7, 11) is -0.657. The van der Waals surface area contributed by atoms with Gasteiger partial charge in [0, 0.05) is 41.4 Å². The van der Waals surface area contributed by atoms with Gasteiger partial charge >= 0.3 is 0 Å². The van der Waals surface area contributed by atoms with E-state index in [4.69, 9.17) is 5.84 Å². The third-order valence-corrected chi connectivity index (χ3v) is 3.26. The molecule has 0 radical (unpaired) electrons. The highest BCUT2D eigenvalue weighted by atomic mass is 32.2. The summed E-state index contributed by atoms with van der Waals surface area (Å²) in [4.78, 5) is 6.39. The van der Waals surface area contributed by atoms with Crippen molar-refractivity contribution >= 4 is 16.8 Å². The molecule has 0 aliphatic carbocycles. The minimum Gasteiger partial charge on any atom is -0.340 e. The Morgan fingerprint density at radius 2 is 2.07 bits per heavy atom. The molecule has 82 valence electrons. The van der Waals surface area contributed by atoms with Crippen LogP contribution < -0.4 is 11.3 Å². The van der Waals surface area contributed by atoms with Gasteiger partial charge in [-0.2, -0.15) is 0 Å². The summed E-state index contributed by atoms with van der Waals surface area (Å²) in [6.45, 7) is 5.53. The van der Waals surface area contributed by atoms with E-state index in [9.17, 15) is 4.21 Å². The number of rotatable bonds is 1. The first-order valence-electron chi connectivity index (χ1n) is 4.78. The van der Waals surface area contributed by atoms with Crippen LogP contribution in [0.25, 0.3) is 0 Å². The topological polar surface area (TPSA) is 70.7 Å². The molecule has 0 spiro atoms. The Balaban J connectivity index is 2.57. The molecule has 0 atom stereocenters. The van der Waals surface area contributed by atoms with Crippen LogP contribution in [0.1, 0.15) is 13.8 Å². The number of hydrogen-bond donors (Lipinski definition) is 2. The second-order valence-corrected chi connectivity index (χ2v) is 5.22. The summed E-state index contributed by atoms with van der Waals surface area (Å²) in [5.74, 6) is 7.51. The zero-order chi connectivity index (χ0) is 10.6. The van der Waals surface area contributed by atoms with Crippen molar-refractivity contribution in [3.05, 3.63) is 0 Å². The largest absolute Gasteiger partial charge is 0.340 e. The molecule has 1 rings (SSSR count). The molecule has 0 bridgehead atoms. The SMILES string of the molecule is CC(C)N=C(NN)N1CCS(=O)CC1. The summed E-state index contributed by atoms with van der Waals surface area (Å²) >= 11 is 0. The Bertz CT molecular complexity index is 231. The summed E-state index contributed by atoms with van der Waals surface area (Å²) in [5, 5.41) is 0. The number of aliphatic imine (C=N–C) groups is 1. The number of nitrogens with zero attached hydrogens (tertiary/aromatic N) is 2. The average molecular weight is 218 g/mol. The zero-order valence-electron chi connectivity index (χ0n) is 8.69. The minimum absolute atomic E-state index is 0.216. The Kier molecular flexibility index (Phi) is 4.34. The van der Waals surface area contributed by atoms with Crippen molar-refractivity contribution < 1.29 is 4.21 Å². The van der Waals surface area contributed by atoms with Gasteiger partial charge in [-0.3, -0.25) is 9.63 Å². The molecule has 0 aromatic rings. The molecule has 0 unspecified atom stereocenters. The monoisotopic (exact) mass is 218 g/mol. The molecule has 0 aromatic heterocycles. The lowest BCUT2D eigenvalue weighted by Crippen LogP contribution is -2.50. The van der Waals surface area contributed by atoms with E-state index in [0.717, 1.165) is 13.1 Å². The van der Waals surface area contributed by atoms with Crippen LogP contribution in [-0.4, -0.2) is 45.7 Å². The molecule has 0 amide bonds. The number of hydrogen-bond acceptors (Lipinski definition) is 3. The van der Waals surface area contributed by atoms with Crippen LogP contribution in [0.15, 0.2) is 4.99 Å². The first kappa shape index (κ1) is 11.5. The maximum atomic E-state index is 11.1. The molecule has 1 aliphatic rings. The van der Waals surface area contributed by atoms with Gasteiger partial charge in [0.2, 0.25) is 5.96 Å². The van der Waals surface area contributed by atoms with Gasteiger partial charge in [0.25, 0.3) is 0 Å². The molecular weight excluding hydrogens is 200 g/mol. The van der Waals surface area contributed by atoms with Gasteiger partial charge in [0.15, 0.2) is 0 Å². The molecule has 5 nitrogen and oxygen atoms in total.